The molecule has 0 bridgehead atoms. The van der Waals surface area contributed by atoms with Crippen LogP contribution in [0.3, 0.4) is 0 Å². The molecule has 29 heavy (non-hydrogen) atoms. The molecule has 0 saturated heterocycles. The molecule has 0 aliphatic carbocycles. The van der Waals surface area contributed by atoms with Crippen LogP contribution in [0, 0.1) is 13.8 Å². The Morgan fingerprint density at radius 3 is 2.83 bits per heavy atom. The summed E-state index contributed by atoms with van der Waals surface area (Å²) < 4.78 is 8.30. The molecule has 1 aliphatic heterocycles. The molecule has 1 atom stereocenters. The molecule has 6 nitrogen and oxygen atoms in total. The minimum absolute atomic E-state index is 0.154. The van der Waals surface area contributed by atoms with Crippen LogP contribution in [0.1, 0.15) is 61.6 Å². The molecule has 0 radical (unpaired) electrons. The molecule has 0 spiro atoms. The number of unbranched alkanes of at least 4 members (excludes halogenated alkanes) is 2. The molecule has 158 valence electrons. The van der Waals surface area contributed by atoms with E-state index in [4.69, 9.17) is 9.84 Å². The lowest BCUT2D eigenvalue weighted by Crippen LogP contribution is -2.25. The SMILES string of the molecule is CCCCCOc1c(C)cc2c(c1C)C(CCn1ccnc1)CN2CCC(=O)O. The van der Waals surface area contributed by atoms with Gasteiger partial charge in [-0.25, -0.2) is 4.98 Å². The van der Waals surface area contributed by atoms with E-state index in [0.717, 1.165) is 43.9 Å². The van der Waals surface area contributed by atoms with Gasteiger partial charge in [0.2, 0.25) is 0 Å². The Labute approximate surface area is 173 Å². The van der Waals surface area contributed by atoms with E-state index >= 15 is 0 Å². The summed E-state index contributed by atoms with van der Waals surface area (Å²) in [6.07, 6.45) is 10.2. The van der Waals surface area contributed by atoms with E-state index in [1.165, 1.54) is 29.7 Å². The fourth-order valence-corrected chi connectivity index (χ4v) is 4.34. The standard InChI is InChI=1S/C23H33N3O3/c1-4-5-6-13-29-23-17(2)14-20-22(18(23)3)19(7-10-25-12-9-24-16-25)15-26(20)11-8-21(27)28/h9,12,14,16,19H,4-8,10-11,13,15H2,1-3H3,(H,27,28). The number of hydrogen-bond donors (Lipinski definition) is 1. The Morgan fingerprint density at radius 1 is 1.31 bits per heavy atom. The second-order valence-electron chi connectivity index (χ2n) is 8.01. The van der Waals surface area contributed by atoms with Gasteiger partial charge in [-0.15, -0.1) is 0 Å². The molecule has 0 fully saturated rings. The highest BCUT2D eigenvalue weighted by Gasteiger charge is 2.32. The smallest absolute Gasteiger partial charge is 0.305 e. The highest BCUT2D eigenvalue weighted by atomic mass is 16.5. The van der Waals surface area contributed by atoms with Crippen LogP contribution in [0.2, 0.25) is 0 Å². The van der Waals surface area contributed by atoms with Gasteiger partial charge in [-0.2, -0.15) is 0 Å². The number of hydrogen-bond acceptors (Lipinski definition) is 4. The minimum Gasteiger partial charge on any atom is -0.493 e. The number of carboxylic acids is 1. The fraction of sp³-hybridized carbons (Fsp3) is 0.565. The lowest BCUT2D eigenvalue weighted by Gasteiger charge is -2.21. The van der Waals surface area contributed by atoms with E-state index in [9.17, 15) is 4.79 Å². The van der Waals surface area contributed by atoms with E-state index in [0.29, 0.717) is 12.5 Å². The number of aryl methyl sites for hydroxylation is 2. The molecule has 3 rings (SSSR count). The summed E-state index contributed by atoms with van der Waals surface area (Å²) in [5.41, 5.74) is 4.85. The molecule has 1 aromatic heterocycles. The summed E-state index contributed by atoms with van der Waals surface area (Å²) in [7, 11) is 0. The first-order valence-electron chi connectivity index (χ1n) is 10.7. The molecule has 1 unspecified atom stereocenters. The molecule has 6 heteroatoms. The van der Waals surface area contributed by atoms with Gasteiger partial charge < -0.3 is 19.3 Å². The van der Waals surface area contributed by atoms with Crippen molar-refractivity contribution in [2.45, 2.75) is 65.3 Å². The van der Waals surface area contributed by atoms with E-state index in [1.54, 1.807) is 6.20 Å². The van der Waals surface area contributed by atoms with Crippen molar-refractivity contribution in [2.24, 2.45) is 0 Å². The van der Waals surface area contributed by atoms with Crippen LogP contribution in [-0.2, 0) is 11.3 Å². The number of anilines is 1. The summed E-state index contributed by atoms with van der Waals surface area (Å²) in [5.74, 6) is 0.616. The summed E-state index contributed by atoms with van der Waals surface area (Å²) in [6.45, 7) is 9.50. The molecule has 1 N–H and O–H groups in total. The van der Waals surface area contributed by atoms with Crippen LogP contribution in [0.5, 0.6) is 5.75 Å². The average molecular weight is 400 g/mol. The lowest BCUT2D eigenvalue weighted by atomic mass is 9.91. The first-order valence-corrected chi connectivity index (χ1v) is 10.7. The van der Waals surface area contributed by atoms with Gasteiger partial charge in [-0.3, -0.25) is 4.79 Å². The number of nitrogens with zero attached hydrogens (tertiary/aromatic N) is 3. The third-order valence-electron chi connectivity index (χ3n) is 5.81. The number of imidazole rings is 1. The van der Waals surface area contributed by atoms with Crippen LogP contribution < -0.4 is 9.64 Å². The first-order chi connectivity index (χ1) is 14.0. The van der Waals surface area contributed by atoms with Crippen molar-refractivity contribution in [2.75, 3.05) is 24.6 Å². The number of rotatable bonds is 11. The summed E-state index contributed by atoms with van der Waals surface area (Å²) >= 11 is 0. The molecule has 1 aromatic carbocycles. The maximum atomic E-state index is 11.1. The third-order valence-corrected chi connectivity index (χ3v) is 5.81. The summed E-state index contributed by atoms with van der Waals surface area (Å²) in [4.78, 5) is 17.5. The molecular formula is C23H33N3O3. The van der Waals surface area contributed by atoms with Crippen LogP contribution in [0.25, 0.3) is 0 Å². The summed E-state index contributed by atoms with van der Waals surface area (Å²) in [6, 6.07) is 2.19. The second kappa shape index (κ2) is 9.81. The quantitative estimate of drug-likeness (QED) is 0.562. The predicted molar refractivity (Wildman–Crippen MR) is 115 cm³/mol. The van der Waals surface area contributed by atoms with E-state index < -0.39 is 5.97 Å². The maximum Gasteiger partial charge on any atom is 0.305 e. The van der Waals surface area contributed by atoms with Crippen molar-refractivity contribution in [1.82, 2.24) is 9.55 Å². The molecule has 2 aromatic rings. The van der Waals surface area contributed by atoms with Gasteiger partial charge in [0.15, 0.2) is 0 Å². The van der Waals surface area contributed by atoms with Gasteiger partial charge in [0, 0.05) is 43.6 Å². The van der Waals surface area contributed by atoms with E-state index in [2.05, 4.69) is 41.3 Å². The number of benzene rings is 1. The fourth-order valence-electron chi connectivity index (χ4n) is 4.34. The Bertz CT molecular complexity index is 817. The van der Waals surface area contributed by atoms with Crippen molar-refractivity contribution >= 4 is 11.7 Å². The van der Waals surface area contributed by atoms with Crippen LogP contribution >= 0.6 is 0 Å². The summed E-state index contributed by atoms with van der Waals surface area (Å²) in [5, 5.41) is 9.15. The Balaban J connectivity index is 1.84. The van der Waals surface area contributed by atoms with Gasteiger partial charge in [-0.1, -0.05) is 19.8 Å². The van der Waals surface area contributed by atoms with E-state index in [1.807, 2.05) is 12.5 Å². The highest BCUT2D eigenvalue weighted by Crippen LogP contribution is 2.45. The zero-order valence-electron chi connectivity index (χ0n) is 17.9. The monoisotopic (exact) mass is 399 g/mol. The highest BCUT2D eigenvalue weighted by molar-refractivity contribution is 5.71. The van der Waals surface area contributed by atoms with Gasteiger partial charge in [-0.05, 0) is 49.4 Å². The third kappa shape index (κ3) is 5.11. The number of ether oxygens (including phenoxy) is 1. The lowest BCUT2D eigenvalue weighted by molar-refractivity contribution is -0.136. The van der Waals surface area contributed by atoms with Crippen molar-refractivity contribution in [3.05, 3.63) is 41.5 Å². The second-order valence-corrected chi connectivity index (χ2v) is 8.01. The van der Waals surface area contributed by atoms with Crippen molar-refractivity contribution in [1.29, 1.82) is 0 Å². The number of carboxylic acid groups (broad SMARTS) is 1. The Kier molecular flexibility index (Phi) is 7.18. The van der Waals surface area contributed by atoms with Crippen LogP contribution in [0.15, 0.2) is 24.8 Å². The minimum atomic E-state index is -0.752. The van der Waals surface area contributed by atoms with Gasteiger partial charge in [0.25, 0.3) is 0 Å². The van der Waals surface area contributed by atoms with Crippen molar-refractivity contribution in [3.8, 4) is 5.75 Å². The maximum absolute atomic E-state index is 11.1. The molecule has 2 heterocycles. The number of aromatic nitrogens is 2. The van der Waals surface area contributed by atoms with Crippen molar-refractivity contribution in [3.63, 3.8) is 0 Å². The average Bonchev–Trinajstić information content (AvgIpc) is 3.32. The van der Waals surface area contributed by atoms with Gasteiger partial charge >= 0.3 is 5.97 Å². The van der Waals surface area contributed by atoms with E-state index in [-0.39, 0.29) is 6.42 Å². The number of aliphatic carboxylic acids is 1. The molecule has 0 amide bonds. The molecule has 0 saturated carbocycles. The van der Waals surface area contributed by atoms with Crippen LogP contribution in [-0.4, -0.2) is 40.3 Å². The van der Waals surface area contributed by atoms with Gasteiger partial charge in [0.1, 0.15) is 5.75 Å². The molecule has 1 aliphatic rings. The predicted octanol–water partition coefficient (Wildman–Crippen LogP) is 4.54. The normalized spacial score (nSPS) is 15.6. The first kappa shape index (κ1) is 21.2. The van der Waals surface area contributed by atoms with Crippen molar-refractivity contribution < 1.29 is 14.6 Å². The largest absolute Gasteiger partial charge is 0.493 e. The Hall–Kier alpha value is -2.50. The Morgan fingerprint density at radius 2 is 2.14 bits per heavy atom. The zero-order valence-corrected chi connectivity index (χ0v) is 17.9. The topological polar surface area (TPSA) is 67.6 Å². The van der Waals surface area contributed by atoms with Crippen LogP contribution in [0.4, 0.5) is 5.69 Å². The zero-order chi connectivity index (χ0) is 20.8. The number of fused-ring (bicyclic) bond motifs is 1. The van der Waals surface area contributed by atoms with Gasteiger partial charge in [0.05, 0.1) is 19.4 Å². The molecular weight excluding hydrogens is 366 g/mol. The number of carbonyl (C=O) groups is 1.